The number of non-ortho nitro benzene ring substituents is 1. The van der Waals surface area contributed by atoms with Crippen LogP contribution in [-0.2, 0) is 11.3 Å². The number of likely N-dealkylation sites (tertiary alicyclic amines) is 1. The topological polar surface area (TPSA) is 66.7 Å². The van der Waals surface area contributed by atoms with Gasteiger partial charge in [0.25, 0.3) is 5.69 Å². The molecule has 0 N–H and O–H groups in total. The van der Waals surface area contributed by atoms with Gasteiger partial charge in [-0.25, -0.2) is 4.39 Å². The third-order valence-electron chi connectivity index (χ3n) is 4.92. The molecule has 6 nitrogen and oxygen atoms in total. The molecule has 0 aromatic heterocycles. The third-order valence-corrected chi connectivity index (χ3v) is 4.92. The third kappa shape index (κ3) is 4.68. The number of benzene rings is 2. The van der Waals surface area contributed by atoms with Crippen LogP contribution in [-0.4, -0.2) is 34.9 Å². The Morgan fingerprint density at radius 1 is 1.15 bits per heavy atom. The largest absolute Gasteiger partial charge is 0.310 e. The number of hydrogen-bond acceptors (Lipinski definition) is 4. The Balaban J connectivity index is 1.60. The van der Waals surface area contributed by atoms with E-state index in [1.807, 2.05) is 0 Å². The summed E-state index contributed by atoms with van der Waals surface area (Å²) in [6.45, 7) is 3.91. The number of amides is 1. The van der Waals surface area contributed by atoms with E-state index in [1.54, 1.807) is 29.2 Å². The normalized spacial score (nSPS) is 15.5. The molecule has 1 fully saturated rings. The molecule has 1 heterocycles. The molecular weight excluding hydrogens is 349 g/mol. The second-order valence-electron chi connectivity index (χ2n) is 6.80. The van der Waals surface area contributed by atoms with E-state index in [4.69, 9.17) is 0 Å². The Morgan fingerprint density at radius 2 is 1.74 bits per heavy atom. The Morgan fingerprint density at radius 3 is 2.26 bits per heavy atom. The average molecular weight is 371 g/mol. The van der Waals surface area contributed by atoms with Gasteiger partial charge in [-0.1, -0.05) is 12.1 Å². The van der Waals surface area contributed by atoms with Gasteiger partial charge < -0.3 is 4.90 Å². The number of hydrogen-bond donors (Lipinski definition) is 0. The van der Waals surface area contributed by atoms with Crippen molar-refractivity contribution in [2.24, 2.45) is 0 Å². The molecule has 1 aliphatic heterocycles. The van der Waals surface area contributed by atoms with Gasteiger partial charge >= 0.3 is 0 Å². The molecule has 0 unspecified atom stereocenters. The van der Waals surface area contributed by atoms with Gasteiger partial charge in [0, 0.05) is 50.4 Å². The van der Waals surface area contributed by atoms with Crippen molar-refractivity contribution >= 4 is 17.3 Å². The minimum absolute atomic E-state index is 0.0459. The van der Waals surface area contributed by atoms with Crippen molar-refractivity contribution < 1.29 is 14.1 Å². The van der Waals surface area contributed by atoms with E-state index in [9.17, 15) is 19.3 Å². The molecule has 2 aromatic carbocycles. The van der Waals surface area contributed by atoms with E-state index < -0.39 is 4.92 Å². The highest BCUT2D eigenvalue weighted by atomic mass is 19.1. The molecule has 0 spiro atoms. The molecule has 1 aliphatic rings. The zero-order chi connectivity index (χ0) is 19.4. The summed E-state index contributed by atoms with van der Waals surface area (Å²) in [5.41, 5.74) is 1.84. The van der Waals surface area contributed by atoms with Gasteiger partial charge in [0.15, 0.2) is 0 Å². The van der Waals surface area contributed by atoms with Crippen LogP contribution in [0.2, 0.25) is 0 Å². The second-order valence-corrected chi connectivity index (χ2v) is 6.80. The quantitative estimate of drug-likeness (QED) is 0.593. The van der Waals surface area contributed by atoms with Crippen LogP contribution in [0.5, 0.6) is 0 Å². The van der Waals surface area contributed by atoms with Gasteiger partial charge in [-0.05, 0) is 42.7 Å². The molecule has 0 radical (unpaired) electrons. The van der Waals surface area contributed by atoms with Crippen molar-refractivity contribution in [2.75, 3.05) is 18.0 Å². The Bertz CT molecular complexity index is 800. The van der Waals surface area contributed by atoms with Crippen molar-refractivity contribution in [3.05, 3.63) is 70.0 Å². The van der Waals surface area contributed by atoms with E-state index in [-0.39, 0.29) is 23.5 Å². The minimum Gasteiger partial charge on any atom is -0.310 e. The van der Waals surface area contributed by atoms with Crippen LogP contribution in [0.4, 0.5) is 15.8 Å². The fourth-order valence-electron chi connectivity index (χ4n) is 3.57. The van der Waals surface area contributed by atoms with E-state index in [1.165, 1.54) is 31.2 Å². The first-order valence-corrected chi connectivity index (χ1v) is 8.95. The lowest BCUT2D eigenvalue weighted by Crippen LogP contribution is -2.46. The first-order chi connectivity index (χ1) is 12.9. The highest BCUT2D eigenvalue weighted by molar-refractivity contribution is 5.92. The molecule has 0 bridgehead atoms. The summed E-state index contributed by atoms with van der Waals surface area (Å²) in [7, 11) is 0. The van der Waals surface area contributed by atoms with Gasteiger partial charge in [0.2, 0.25) is 5.91 Å². The van der Waals surface area contributed by atoms with Crippen LogP contribution >= 0.6 is 0 Å². The lowest BCUT2D eigenvalue weighted by atomic mass is 10.0. The Labute approximate surface area is 157 Å². The number of nitrogens with zero attached hydrogens (tertiary/aromatic N) is 3. The summed E-state index contributed by atoms with van der Waals surface area (Å²) in [6, 6.07) is 12.7. The van der Waals surface area contributed by atoms with Gasteiger partial charge in [0.05, 0.1) is 4.92 Å². The van der Waals surface area contributed by atoms with Crippen molar-refractivity contribution in [3.63, 3.8) is 0 Å². The van der Waals surface area contributed by atoms with Crippen molar-refractivity contribution in [2.45, 2.75) is 32.4 Å². The predicted molar refractivity (Wildman–Crippen MR) is 101 cm³/mol. The Kier molecular flexibility index (Phi) is 5.81. The summed E-state index contributed by atoms with van der Waals surface area (Å²) in [5, 5.41) is 10.7. The van der Waals surface area contributed by atoms with Crippen molar-refractivity contribution in [1.82, 2.24) is 4.90 Å². The van der Waals surface area contributed by atoms with Crippen LogP contribution in [0.1, 0.15) is 25.3 Å². The maximum absolute atomic E-state index is 13.2. The van der Waals surface area contributed by atoms with Crippen LogP contribution < -0.4 is 4.90 Å². The van der Waals surface area contributed by atoms with E-state index >= 15 is 0 Å². The van der Waals surface area contributed by atoms with Gasteiger partial charge in [-0.2, -0.15) is 0 Å². The van der Waals surface area contributed by atoms with Crippen molar-refractivity contribution in [1.29, 1.82) is 0 Å². The molecule has 0 atom stereocenters. The van der Waals surface area contributed by atoms with Crippen LogP contribution in [0.15, 0.2) is 48.5 Å². The molecule has 2 aromatic rings. The number of rotatable bonds is 5. The molecule has 27 heavy (non-hydrogen) atoms. The van der Waals surface area contributed by atoms with Crippen LogP contribution in [0.3, 0.4) is 0 Å². The maximum atomic E-state index is 13.2. The molecule has 1 amide bonds. The SMILES string of the molecule is CC(=O)N(c1ccc(F)cc1)C1CCN(Cc2ccc([N+](=O)[O-])cc2)CC1. The molecule has 3 rings (SSSR count). The average Bonchev–Trinajstić information content (AvgIpc) is 2.65. The molecule has 142 valence electrons. The molecule has 7 heteroatoms. The number of halogens is 1. The molecule has 0 saturated carbocycles. The van der Waals surface area contributed by atoms with Gasteiger partial charge in [-0.15, -0.1) is 0 Å². The number of carbonyl (C=O) groups is 1. The summed E-state index contributed by atoms with van der Waals surface area (Å²) < 4.78 is 13.2. The van der Waals surface area contributed by atoms with Crippen LogP contribution in [0.25, 0.3) is 0 Å². The first kappa shape index (κ1) is 19.0. The summed E-state index contributed by atoms with van der Waals surface area (Å²) in [4.78, 5) is 26.5. The predicted octanol–water partition coefficient (Wildman–Crippen LogP) is 3.75. The second kappa shape index (κ2) is 8.26. The summed E-state index contributed by atoms with van der Waals surface area (Å²) >= 11 is 0. The Hall–Kier alpha value is -2.80. The first-order valence-electron chi connectivity index (χ1n) is 8.95. The number of nitro benzene ring substituents is 1. The number of nitro groups is 1. The number of carbonyl (C=O) groups excluding carboxylic acids is 1. The fourth-order valence-corrected chi connectivity index (χ4v) is 3.57. The summed E-state index contributed by atoms with van der Waals surface area (Å²) in [5.74, 6) is -0.365. The van der Waals surface area contributed by atoms with Gasteiger partial charge in [-0.3, -0.25) is 19.8 Å². The maximum Gasteiger partial charge on any atom is 0.269 e. The fraction of sp³-hybridized carbons (Fsp3) is 0.350. The van der Waals surface area contributed by atoms with E-state index in [0.717, 1.165) is 43.7 Å². The minimum atomic E-state index is -0.402. The van der Waals surface area contributed by atoms with Crippen molar-refractivity contribution in [3.8, 4) is 0 Å². The highest BCUT2D eigenvalue weighted by Crippen LogP contribution is 2.25. The lowest BCUT2D eigenvalue weighted by Gasteiger charge is -2.38. The monoisotopic (exact) mass is 371 g/mol. The number of piperidine rings is 1. The van der Waals surface area contributed by atoms with Gasteiger partial charge in [0.1, 0.15) is 5.82 Å². The van der Waals surface area contributed by atoms with Crippen LogP contribution in [0, 0.1) is 15.9 Å². The highest BCUT2D eigenvalue weighted by Gasteiger charge is 2.27. The zero-order valence-electron chi connectivity index (χ0n) is 15.2. The smallest absolute Gasteiger partial charge is 0.269 e. The lowest BCUT2D eigenvalue weighted by molar-refractivity contribution is -0.384. The van der Waals surface area contributed by atoms with E-state index in [0.29, 0.717) is 0 Å². The molecule has 1 saturated heterocycles. The van der Waals surface area contributed by atoms with E-state index in [2.05, 4.69) is 4.90 Å². The zero-order valence-corrected chi connectivity index (χ0v) is 15.2. The standard InChI is InChI=1S/C20H22FN3O3/c1-15(25)23(18-8-4-17(21)5-9-18)19-10-12-22(13-11-19)14-16-2-6-20(7-3-16)24(26)27/h2-9,19H,10-14H2,1H3. The number of anilines is 1. The molecular formula is C20H22FN3O3. The molecule has 0 aliphatic carbocycles. The summed E-state index contributed by atoms with van der Waals surface area (Å²) in [6.07, 6.45) is 1.65.